The summed E-state index contributed by atoms with van der Waals surface area (Å²) < 4.78 is 26.8. The molecule has 0 saturated heterocycles. The Balaban J connectivity index is 1.84. The van der Waals surface area contributed by atoms with E-state index in [4.69, 9.17) is 5.11 Å². The molecule has 0 aliphatic heterocycles. The molecular weight excluding hydrogens is 304 g/mol. The summed E-state index contributed by atoms with van der Waals surface area (Å²) in [6, 6.07) is 1.48. The van der Waals surface area contributed by atoms with E-state index in [1.807, 2.05) is 0 Å². The van der Waals surface area contributed by atoms with Gasteiger partial charge in [-0.1, -0.05) is 0 Å². The standard InChI is InChI=1S/C11H12N2O3S3/c14-5-7-4-8(6-17-7)19(15,16)13-11-12-9-2-1-3-10(9)18-11/h4,6,14H,1-3,5H2,(H,12,13). The highest BCUT2D eigenvalue weighted by molar-refractivity contribution is 7.93. The third-order valence-electron chi connectivity index (χ3n) is 2.91. The van der Waals surface area contributed by atoms with Crippen LogP contribution in [0.15, 0.2) is 16.3 Å². The zero-order valence-electron chi connectivity index (χ0n) is 9.92. The predicted molar refractivity (Wildman–Crippen MR) is 75.2 cm³/mol. The van der Waals surface area contributed by atoms with Gasteiger partial charge in [-0.25, -0.2) is 13.4 Å². The Hall–Kier alpha value is -0.960. The van der Waals surface area contributed by atoms with Crippen LogP contribution in [-0.4, -0.2) is 18.5 Å². The minimum absolute atomic E-state index is 0.147. The quantitative estimate of drug-likeness (QED) is 0.904. The van der Waals surface area contributed by atoms with Crippen LogP contribution in [0.4, 0.5) is 5.13 Å². The fourth-order valence-electron chi connectivity index (χ4n) is 1.99. The topological polar surface area (TPSA) is 79.3 Å². The van der Waals surface area contributed by atoms with Crippen LogP contribution in [-0.2, 0) is 29.5 Å². The first-order valence-corrected chi connectivity index (χ1v) is 8.96. The van der Waals surface area contributed by atoms with Crippen molar-refractivity contribution in [2.75, 3.05) is 4.72 Å². The van der Waals surface area contributed by atoms with E-state index in [9.17, 15) is 8.42 Å². The first-order valence-electron chi connectivity index (χ1n) is 5.78. The maximum absolute atomic E-state index is 12.1. The van der Waals surface area contributed by atoms with Crippen molar-refractivity contribution in [2.45, 2.75) is 30.8 Å². The van der Waals surface area contributed by atoms with Gasteiger partial charge >= 0.3 is 0 Å². The van der Waals surface area contributed by atoms with Gasteiger partial charge in [-0.05, 0) is 25.3 Å². The highest BCUT2D eigenvalue weighted by atomic mass is 32.2. The molecule has 0 aromatic carbocycles. The van der Waals surface area contributed by atoms with E-state index >= 15 is 0 Å². The van der Waals surface area contributed by atoms with Gasteiger partial charge in [-0.2, -0.15) is 0 Å². The molecule has 2 heterocycles. The Morgan fingerprint density at radius 3 is 2.95 bits per heavy atom. The summed E-state index contributed by atoms with van der Waals surface area (Å²) in [5, 5.41) is 10.9. The monoisotopic (exact) mass is 316 g/mol. The van der Waals surface area contributed by atoms with E-state index in [-0.39, 0.29) is 11.5 Å². The molecule has 0 amide bonds. The molecule has 19 heavy (non-hydrogen) atoms. The number of aliphatic hydroxyl groups excluding tert-OH is 1. The van der Waals surface area contributed by atoms with Gasteiger partial charge in [0.2, 0.25) is 0 Å². The predicted octanol–water partition coefficient (Wildman–Crippen LogP) is 1.99. The van der Waals surface area contributed by atoms with Crippen LogP contribution in [0.1, 0.15) is 21.9 Å². The highest BCUT2D eigenvalue weighted by Crippen LogP contribution is 2.32. The summed E-state index contributed by atoms with van der Waals surface area (Å²) >= 11 is 2.63. The molecule has 0 atom stereocenters. The summed E-state index contributed by atoms with van der Waals surface area (Å²) in [4.78, 5) is 6.29. The summed E-state index contributed by atoms with van der Waals surface area (Å²) in [5.74, 6) is 0. The second kappa shape index (κ2) is 4.86. The van der Waals surface area contributed by atoms with Crippen LogP contribution < -0.4 is 4.72 Å². The molecule has 2 aromatic rings. The van der Waals surface area contributed by atoms with Crippen LogP contribution in [0.25, 0.3) is 0 Å². The summed E-state index contributed by atoms with van der Waals surface area (Å²) in [7, 11) is -3.59. The Kier molecular flexibility index (Phi) is 3.34. The number of hydrogen-bond donors (Lipinski definition) is 2. The van der Waals surface area contributed by atoms with E-state index < -0.39 is 10.0 Å². The van der Waals surface area contributed by atoms with Crippen LogP contribution in [0.3, 0.4) is 0 Å². The number of aryl methyl sites for hydroxylation is 2. The lowest BCUT2D eigenvalue weighted by Crippen LogP contribution is -2.12. The highest BCUT2D eigenvalue weighted by Gasteiger charge is 2.21. The Morgan fingerprint density at radius 2 is 2.26 bits per heavy atom. The normalized spacial score (nSPS) is 14.6. The number of anilines is 1. The summed E-state index contributed by atoms with van der Waals surface area (Å²) in [5.41, 5.74) is 1.02. The average molecular weight is 316 g/mol. The minimum Gasteiger partial charge on any atom is -0.391 e. The second-order valence-electron chi connectivity index (χ2n) is 4.25. The molecular formula is C11H12N2O3S3. The zero-order valence-corrected chi connectivity index (χ0v) is 12.4. The molecule has 3 rings (SSSR count). The van der Waals surface area contributed by atoms with Gasteiger partial charge in [0.1, 0.15) is 0 Å². The average Bonchev–Trinajstić information content (AvgIpc) is 3.01. The van der Waals surface area contributed by atoms with Crippen LogP contribution in [0.5, 0.6) is 0 Å². The van der Waals surface area contributed by atoms with Crippen LogP contribution in [0.2, 0.25) is 0 Å². The maximum atomic E-state index is 12.1. The number of fused-ring (bicyclic) bond motifs is 1. The molecule has 2 N–H and O–H groups in total. The summed E-state index contributed by atoms with van der Waals surface area (Å²) in [6.07, 6.45) is 3.02. The number of thiophene rings is 1. The molecule has 0 saturated carbocycles. The Morgan fingerprint density at radius 1 is 1.42 bits per heavy atom. The number of aliphatic hydroxyl groups is 1. The number of rotatable bonds is 4. The van der Waals surface area contributed by atoms with Gasteiger partial charge in [0.05, 0.1) is 17.2 Å². The molecule has 8 heteroatoms. The molecule has 0 bridgehead atoms. The van der Waals surface area contributed by atoms with E-state index in [2.05, 4.69) is 9.71 Å². The van der Waals surface area contributed by atoms with Crippen molar-refractivity contribution >= 4 is 37.8 Å². The first kappa shape index (κ1) is 13.0. The van der Waals surface area contributed by atoms with Gasteiger partial charge in [0.25, 0.3) is 10.0 Å². The molecule has 102 valence electrons. The zero-order chi connectivity index (χ0) is 13.5. The van der Waals surface area contributed by atoms with Crippen molar-refractivity contribution < 1.29 is 13.5 Å². The minimum atomic E-state index is -3.59. The van der Waals surface area contributed by atoms with Crippen molar-refractivity contribution in [1.82, 2.24) is 4.98 Å². The van der Waals surface area contributed by atoms with E-state index in [1.165, 1.54) is 39.0 Å². The largest absolute Gasteiger partial charge is 0.391 e. The van der Waals surface area contributed by atoms with Gasteiger partial charge in [0, 0.05) is 15.1 Å². The molecule has 0 spiro atoms. The molecule has 0 fully saturated rings. The van der Waals surface area contributed by atoms with Gasteiger partial charge in [-0.15, -0.1) is 22.7 Å². The maximum Gasteiger partial charge on any atom is 0.264 e. The third kappa shape index (κ3) is 2.53. The lowest BCUT2D eigenvalue weighted by atomic mass is 10.4. The van der Waals surface area contributed by atoms with Gasteiger partial charge in [0.15, 0.2) is 5.13 Å². The molecule has 0 radical (unpaired) electrons. The SMILES string of the molecule is O=S(=O)(Nc1nc2c(s1)CCC2)c1csc(CO)c1. The van der Waals surface area contributed by atoms with E-state index in [0.29, 0.717) is 10.0 Å². The number of hydrogen-bond acceptors (Lipinski definition) is 6. The third-order valence-corrected chi connectivity index (χ3v) is 6.50. The fraction of sp³-hybridized carbons (Fsp3) is 0.364. The van der Waals surface area contributed by atoms with Gasteiger partial charge < -0.3 is 5.11 Å². The molecule has 5 nitrogen and oxygen atoms in total. The van der Waals surface area contributed by atoms with E-state index in [1.54, 1.807) is 0 Å². The number of sulfonamides is 1. The van der Waals surface area contributed by atoms with Crippen molar-refractivity contribution in [1.29, 1.82) is 0 Å². The number of thiazole rings is 1. The number of aromatic nitrogens is 1. The smallest absolute Gasteiger partial charge is 0.264 e. The van der Waals surface area contributed by atoms with Crippen molar-refractivity contribution in [2.24, 2.45) is 0 Å². The van der Waals surface area contributed by atoms with Crippen molar-refractivity contribution in [3.05, 3.63) is 26.9 Å². The van der Waals surface area contributed by atoms with E-state index in [0.717, 1.165) is 25.0 Å². The lowest BCUT2D eigenvalue weighted by Gasteiger charge is -2.02. The van der Waals surface area contributed by atoms with Crippen LogP contribution >= 0.6 is 22.7 Å². The molecule has 1 aliphatic carbocycles. The Labute approximate surface area is 119 Å². The number of nitrogens with zero attached hydrogens (tertiary/aromatic N) is 1. The molecule has 2 aromatic heterocycles. The summed E-state index contributed by atoms with van der Waals surface area (Å²) in [6.45, 7) is -0.147. The number of nitrogens with one attached hydrogen (secondary N) is 1. The lowest BCUT2D eigenvalue weighted by molar-refractivity contribution is 0.285. The second-order valence-corrected chi connectivity index (χ2v) is 8.02. The molecule has 1 aliphatic rings. The first-order chi connectivity index (χ1) is 9.08. The van der Waals surface area contributed by atoms with Crippen LogP contribution in [0, 0.1) is 0 Å². The van der Waals surface area contributed by atoms with Crippen molar-refractivity contribution in [3.63, 3.8) is 0 Å². The fourth-order valence-corrected chi connectivity index (χ4v) is 5.41. The molecule has 0 unspecified atom stereocenters. The van der Waals surface area contributed by atoms with Crippen molar-refractivity contribution in [3.8, 4) is 0 Å². The van der Waals surface area contributed by atoms with Gasteiger partial charge in [-0.3, -0.25) is 4.72 Å². The Bertz CT molecular complexity index is 681.